The number of aromatic nitrogens is 2. The van der Waals surface area contributed by atoms with Crippen molar-refractivity contribution in [3.05, 3.63) is 45.6 Å². The fourth-order valence-corrected chi connectivity index (χ4v) is 4.44. The average Bonchev–Trinajstić information content (AvgIpc) is 3.12. The minimum atomic E-state index is -0.209. The first-order valence-electron chi connectivity index (χ1n) is 8.98. The van der Waals surface area contributed by atoms with Gasteiger partial charge < -0.3 is 9.64 Å². The van der Waals surface area contributed by atoms with E-state index in [1.165, 1.54) is 24.0 Å². The maximum atomic E-state index is 12.6. The number of nitrogens with zero attached hydrogens (tertiary/aromatic N) is 2. The first kappa shape index (κ1) is 17.7. The number of hydrogen-bond donors (Lipinski definition) is 1. The molecule has 7 heteroatoms. The van der Waals surface area contributed by atoms with Gasteiger partial charge in [0.2, 0.25) is 5.95 Å². The van der Waals surface area contributed by atoms with Gasteiger partial charge in [0.05, 0.1) is 18.5 Å². The van der Waals surface area contributed by atoms with E-state index >= 15 is 0 Å². The van der Waals surface area contributed by atoms with Crippen molar-refractivity contribution in [1.82, 2.24) is 9.97 Å². The number of aryl methyl sites for hydroxylation is 1. The molecule has 0 saturated carbocycles. The third kappa shape index (κ3) is 3.35. The van der Waals surface area contributed by atoms with Crippen LogP contribution in [0.2, 0.25) is 0 Å². The van der Waals surface area contributed by atoms with E-state index in [0.29, 0.717) is 22.7 Å². The quantitative estimate of drug-likeness (QED) is 0.702. The summed E-state index contributed by atoms with van der Waals surface area (Å²) in [6.07, 6.45) is 1.65. The molecule has 1 saturated heterocycles. The zero-order valence-corrected chi connectivity index (χ0v) is 16.1. The monoisotopic (exact) mass is 383 g/mol. The number of methoxy groups -OCH3 is 1. The molecule has 1 N–H and O–H groups in total. The van der Waals surface area contributed by atoms with Gasteiger partial charge in [0, 0.05) is 24.0 Å². The number of H-pyrrole nitrogens is 1. The Hall–Kier alpha value is -2.67. The van der Waals surface area contributed by atoms with E-state index in [4.69, 9.17) is 9.72 Å². The predicted octanol–water partition coefficient (Wildman–Crippen LogP) is 3.35. The molecule has 3 aromatic rings. The van der Waals surface area contributed by atoms with Gasteiger partial charge in [-0.15, -0.1) is 11.3 Å². The summed E-state index contributed by atoms with van der Waals surface area (Å²) in [7, 11) is 1.41. The highest BCUT2D eigenvalue weighted by molar-refractivity contribution is 7.17. The number of hydrogen-bond acceptors (Lipinski definition) is 6. The molecule has 0 radical (unpaired) electrons. The van der Waals surface area contributed by atoms with Crippen LogP contribution in [-0.4, -0.2) is 36.1 Å². The number of aromatic amines is 1. The number of fused-ring (bicyclic) bond motifs is 1. The first-order chi connectivity index (χ1) is 13.1. The van der Waals surface area contributed by atoms with Crippen LogP contribution in [0.3, 0.4) is 0 Å². The number of carbonyl (C=O) groups is 1. The molecule has 1 fully saturated rings. The first-order valence-corrected chi connectivity index (χ1v) is 9.86. The standard InChI is InChI=1S/C20H21N3O3S/c1-12-5-7-13(8-6-12)15-11-27-17-16(15)21-20(22-18(17)24)23-9-3-4-14(10-23)19(25)26-2/h5-8,11,14H,3-4,9-10H2,1-2H3,(H,21,22,24). The number of ether oxygens (including phenoxy) is 1. The number of piperidine rings is 1. The molecule has 3 heterocycles. The molecule has 4 rings (SSSR count). The van der Waals surface area contributed by atoms with E-state index in [9.17, 15) is 9.59 Å². The molecule has 0 spiro atoms. The van der Waals surface area contributed by atoms with Crippen LogP contribution in [0.25, 0.3) is 21.3 Å². The lowest BCUT2D eigenvalue weighted by Crippen LogP contribution is -2.40. The molecule has 1 aliphatic rings. The van der Waals surface area contributed by atoms with Gasteiger partial charge in [0.25, 0.3) is 5.56 Å². The number of esters is 1. The van der Waals surface area contributed by atoms with E-state index in [1.54, 1.807) is 0 Å². The second kappa shape index (κ2) is 7.15. The van der Waals surface area contributed by atoms with E-state index in [2.05, 4.69) is 17.1 Å². The molecule has 1 atom stereocenters. The van der Waals surface area contributed by atoms with Gasteiger partial charge in [-0.2, -0.15) is 0 Å². The summed E-state index contributed by atoms with van der Waals surface area (Å²) in [6.45, 7) is 3.31. The Kier molecular flexibility index (Phi) is 4.70. The lowest BCUT2D eigenvalue weighted by atomic mass is 9.98. The lowest BCUT2D eigenvalue weighted by Gasteiger charge is -2.31. The molecule has 0 aliphatic carbocycles. The van der Waals surface area contributed by atoms with E-state index < -0.39 is 0 Å². The molecule has 1 unspecified atom stereocenters. The summed E-state index contributed by atoms with van der Waals surface area (Å²) in [5.74, 6) is 0.121. The van der Waals surface area contributed by atoms with Crippen LogP contribution in [0.5, 0.6) is 0 Å². The van der Waals surface area contributed by atoms with Crippen LogP contribution in [0.4, 0.5) is 5.95 Å². The number of carbonyl (C=O) groups excluding carboxylic acids is 1. The maximum absolute atomic E-state index is 12.6. The number of anilines is 1. The van der Waals surface area contributed by atoms with Gasteiger partial charge in [-0.1, -0.05) is 29.8 Å². The highest BCUT2D eigenvalue weighted by Crippen LogP contribution is 2.32. The number of benzene rings is 1. The van der Waals surface area contributed by atoms with Crippen LogP contribution in [0, 0.1) is 12.8 Å². The minimum Gasteiger partial charge on any atom is -0.469 e. The van der Waals surface area contributed by atoms with Gasteiger partial charge >= 0.3 is 5.97 Å². The van der Waals surface area contributed by atoms with Crippen LogP contribution >= 0.6 is 11.3 Å². The van der Waals surface area contributed by atoms with Gasteiger partial charge in [-0.3, -0.25) is 14.6 Å². The lowest BCUT2D eigenvalue weighted by molar-refractivity contribution is -0.145. The highest BCUT2D eigenvalue weighted by atomic mass is 32.1. The molecule has 140 valence electrons. The SMILES string of the molecule is COC(=O)C1CCCN(c2nc3c(-c4ccc(C)cc4)csc3c(=O)[nH]2)C1. The normalized spacial score (nSPS) is 17.3. The summed E-state index contributed by atoms with van der Waals surface area (Å²) in [4.78, 5) is 34.1. The fourth-order valence-electron chi connectivity index (χ4n) is 3.53. The molecule has 2 aromatic heterocycles. The summed E-state index contributed by atoms with van der Waals surface area (Å²) in [5, 5.41) is 1.98. The van der Waals surface area contributed by atoms with Crippen molar-refractivity contribution in [3.8, 4) is 11.1 Å². The Labute approximate surface area is 160 Å². The number of rotatable bonds is 3. The van der Waals surface area contributed by atoms with E-state index in [-0.39, 0.29) is 17.4 Å². The Bertz CT molecular complexity index is 1040. The van der Waals surface area contributed by atoms with Crippen molar-refractivity contribution in [1.29, 1.82) is 0 Å². The maximum Gasteiger partial charge on any atom is 0.310 e. The third-order valence-corrected chi connectivity index (χ3v) is 6.00. The molecule has 0 amide bonds. The van der Waals surface area contributed by atoms with Crippen molar-refractivity contribution in [3.63, 3.8) is 0 Å². The van der Waals surface area contributed by atoms with E-state index in [0.717, 1.165) is 30.5 Å². The highest BCUT2D eigenvalue weighted by Gasteiger charge is 2.28. The minimum absolute atomic E-state index is 0.140. The Morgan fingerprint density at radius 1 is 1.33 bits per heavy atom. The third-order valence-electron chi connectivity index (χ3n) is 5.03. The molecule has 1 aliphatic heterocycles. The average molecular weight is 383 g/mol. The molecule has 1 aromatic carbocycles. The summed E-state index contributed by atoms with van der Waals surface area (Å²) < 4.78 is 5.51. The second-order valence-corrected chi connectivity index (χ2v) is 7.77. The van der Waals surface area contributed by atoms with Crippen LogP contribution < -0.4 is 10.5 Å². The Morgan fingerprint density at radius 2 is 2.11 bits per heavy atom. The van der Waals surface area contributed by atoms with Crippen LogP contribution in [0.15, 0.2) is 34.4 Å². The van der Waals surface area contributed by atoms with Crippen LogP contribution in [-0.2, 0) is 9.53 Å². The fraction of sp³-hybridized carbons (Fsp3) is 0.350. The van der Waals surface area contributed by atoms with Crippen molar-refractivity contribution < 1.29 is 9.53 Å². The Morgan fingerprint density at radius 3 is 2.85 bits per heavy atom. The smallest absolute Gasteiger partial charge is 0.310 e. The van der Waals surface area contributed by atoms with Gasteiger partial charge in [0.15, 0.2) is 0 Å². The number of thiophene rings is 1. The molecule has 0 bridgehead atoms. The molecular formula is C20H21N3O3S. The molecular weight excluding hydrogens is 362 g/mol. The molecule has 6 nitrogen and oxygen atoms in total. The van der Waals surface area contributed by atoms with Gasteiger partial charge in [-0.25, -0.2) is 4.98 Å². The summed E-state index contributed by atoms with van der Waals surface area (Å²) in [5.41, 5.74) is 3.76. The zero-order valence-electron chi connectivity index (χ0n) is 15.3. The predicted molar refractivity (Wildman–Crippen MR) is 107 cm³/mol. The summed E-state index contributed by atoms with van der Waals surface area (Å²) >= 11 is 1.41. The van der Waals surface area contributed by atoms with Crippen molar-refractivity contribution in [2.24, 2.45) is 5.92 Å². The van der Waals surface area contributed by atoms with Crippen molar-refractivity contribution >= 4 is 33.5 Å². The van der Waals surface area contributed by atoms with Crippen molar-refractivity contribution in [2.45, 2.75) is 19.8 Å². The second-order valence-electron chi connectivity index (χ2n) is 6.89. The van der Waals surface area contributed by atoms with Gasteiger partial charge in [-0.05, 0) is 25.3 Å². The number of nitrogens with one attached hydrogen (secondary N) is 1. The van der Waals surface area contributed by atoms with Gasteiger partial charge in [0.1, 0.15) is 4.70 Å². The zero-order chi connectivity index (χ0) is 19.0. The largest absolute Gasteiger partial charge is 0.469 e. The van der Waals surface area contributed by atoms with E-state index in [1.807, 2.05) is 29.3 Å². The molecule has 27 heavy (non-hydrogen) atoms. The Balaban J connectivity index is 1.74. The topological polar surface area (TPSA) is 75.3 Å². The summed E-state index contributed by atoms with van der Waals surface area (Å²) in [6, 6.07) is 8.21. The van der Waals surface area contributed by atoms with Crippen LogP contribution in [0.1, 0.15) is 18.4 Å². The van der Waals surface area contributed by atoms with Crippen molar-refractivity contribution in [2.75, 3.05) is 25.1 Å².